The van der Waals surface area contributed by atoms with E-state index < -0.39 is 0 Å². The minimum absolute atomic E-state index is 0.579. The molecule has 0 radical (unpaired) electrons. The lowest BCUT2D eigenvalue weighted by Crippen LogP contribution is -2.19. The summed E-state index contributed by atoms with van der Waals surface area (Å²) in [6.07, 6.45) is 9.59. The van der Waals surface area contributed by atoms with Gasteiger partial charge in [-0.1, -0.05) is 39.5 Å². The van der Waals surface area contributed by atoms with E-state index in [-0.39, 0.29) is 0 Å². The van der Waals surface area contributed by atoms with Gasteiger partial charge in [-0.15, -0.1) is 0 Å². The van der Waals surface area contributed by atoms with Crippen LogP contribution >= 0.6 is 0 Å². The van der Waals surface area contributed by atoms with Gasteiger partial charge in [0, 0.05) is 18.7 Å². The van der Waals surface area contributed by atoms with Crippen LogP contribution in [0, 0.1) is 5.92 Å². The van der Waals surface area contributed by atoms with Crippen molar-refractivity contribution in [1.82, 2.24) is 9.97 Å². The van der Waals surface area contributed by atoms with Crippen molar-refractivity contribution >= 4 is 11.6 Å². The van der Waals surface area contributed by atoms with E-state index in [1.807, 2.05) is 6.07 Å². The van der Waals surface area contributed by atoms with Crippen LogP contribution < -0.4 is 10.6 Å². The Hall–Kier alpha value is -1.32. The predicted octanol–water partition coefficient (Wildman–Crippen LogP) is 3.68. The summed E-state index contributed by atoms with van der Waals surface area (Å²) in [5, 5.41) is 6.90. The van der Waals surface area contributed by atoms with Crippen molar-refractivity contribution in [2.24, 2.45) is 5.92 Å². The molecule has 2 N–H and O–H groups in total. The van der Waals surface area contributed by atoms with Crippen molar-refractivity contribution in [1.29, 1.82) is 0 Å². The highest BCUT2D eigenvalue weighted by atomic mass is 15.1. The summed E-state index contributed by atoms with van der Waals surface area (Å²) in [6.45, 7) is 5.33. The number of anilines is 2. The predicted molar refractivity (Wildman–Crippen MR) is 80.5 cm³/mol. The second-order valence-corrected chi connectivity index (χ2v) is 5.90. The van der Waals surface area contributed by atoms with Gasteiger partial charge >= 0.3 is 0 Å². The molecule has 2 rings (SSSR count). The molecule has 0 atom stereocenters. The Kier molecular flexibility index (Phi) is 5.43. The summed E-state index contributed by atoms with van der Waals surface area (Å²) in [5.74, 6) is 2.49. The summed E-state index contributed by atoms with van der Waals surface area (Å²) in [4.78, 5) is 8.59. The number of hydrogen-bond acceptors (Lipinski definition) is 4. The highest BCUT2D eigenvalue weighted by Crippen LogP contribution is 2.20. The Morgan fingerprint density at radius 3 is 2.47 bits per heavy atom. The lowest BCUT2D eigenvalue weighted by atomic mass is 10.1. The molecular weight excluding hydrogens is 236 g/mol. The molecule has 0 unspecified atom stereocenters. The molecular formula is C15H26N4. The van der Waals surface area contributed by atoms with E-state index in [2.05, 4.69) is 34.4 Å². The Morgan fingerprint density at radius 1 is 1.11 bits per heavy atom. The fourth-order valence-electron chi connectivity index (χ4n) is 2.47. The average Bonchev–Trinajstić information content (AvgIpc) is 2.65. The van der Waals surface area contributed by atoms with Gasteiger partial charge in [0.15, 0.2) is 0 Å². The Balaban J connectivity index is 1.90. The average molecular weight is 262 g/mol. The molecule has 4 nitrogen and oxygen atoms in total. The maximum Gasteiger partial charge on any atom is 0.131 e. The van der Waals surface area contributed by atoms with Gasteiger partial charge in [-0.2, -0.15) is 0 Å². The molecule has 0 aromatic carbocycles. The smallest absolute Gasteiger partial charge is 0.131 e. The first kappa shape index (κ1) is 14.1. The molecule has 1 aliphatic carbocycles. The lowest BCUT2D eigenvalue weighted by molar-refractivity contribution is 0.617. The Bertz CT molecular complexity index is 370. The maximum absolute atomic E-state index is 4.33. The van der Waals surface area contributed by atoms with Gasteiger partial charge in [0.25, 0.3) is 0 Å². The van der Waals surface area contributed by atoms with Gasteiger partial charge in [-0.3, -0.25) is 0 Å². The molecule has 1 fully saturated rings. The second kappa shape index (κ2) is 7.31. The molecule has 0 amide bonds. The van der Waals surface area contributed by atoms with Gasteiger partial charge in [-0.25, -0.2) is 9.97 Å². The first-order valence-electron chi connectivity index (χ1n) is 7.56. The quantitative estimate of drug-likeness (QED) is 0.795. The van der Waals surface area contributed by atoms with E-state index in [1.165, 1.54) is 38.5 Å². The van der Waals surface area contributed by atoms with E-state index >= 15 is 0 Å². The third-order valence-electron chi connectivity index (χ3n) is 3.57. The molecule has 0 bridgehead atoms. The summed E-state index contributed by atoms with van der Waals surface area (Å²) in [7, 11) is 0. The normalized spacial score (nSPS) is 17.2. The van der Waals surface area contributed by atoms with E-state index in [4.69, 9.17) is 0 Å². The van der Waals surface area contributed by atoms with Crippen LogP contribution in [0.2, 0.25) is 0 Å². The molecule has 4 heteroatoms. The molecule has 19 heavy (non-hydrogen) atoms. The van der Waals surface area contributed by atoms with Crippen molar-refractivity contribution in [3.05, 3.63) is 12.4 Å². The minimum atomic E-state index is 0.579. The zero-order chi connectivity index (χ0) is 13.5. The second-order valence-electron chi connectivity index (χ2n) is 5.90. The first-order chi connectivity index (χ1) is 9.24. The SMILES string of the molecule is CC(C)CNc1cc(NC2CCCCCC2)ncn1. The van der Waals surface area contributed by atoms with Gasteiger partial charge in [0.1, 0.15) is 18.0 Å². The summed E-state index contributed by atoms with van der Waals surface area (Å²) < 4.78 is 0. The lowest BCUT2D eigenvalue weighted by Gasteiger charge is -2.17. The standard InChI is InChI=1S/C15H26N4/c1-12(2)10-16-14-9-15(18-11-17-14)19-13-7-5-3-4-6-8-13/h9,11-13H,3-8,10H2,1-2H3,(H2,16,17,18,19). The number of rotatable bonds is 5. The van der Waals surface area contributed by atoms with Crippen LogP contribution in [0.4, 0.5) is 11.6 Å². The van der Waals surface area contributed by atoms with Gasteiger partial charge in [0.2, 0.25) is 0 Å². The van der Waals surface area contributed by atoms with Crippen molar-refractivity contribution < 1.29 is 0 Å². The van der Waals surface area contributed by atoms with Crippen LogP contribution in [0.25, 0.3) is 0 Å². The number of aromatic nitrogens is 2. The van der Waals surface area contributed by atoms with E-state index in [1.54, 1.807) is 6.33 Å². The van der Waals surface area contributed by atoms with Crippen LogP contribution in [0.1, 0.15) is 52.4 Å². The van der Waals surface area contributed by atoms with Crippen LogP contribution in [-0.2, 0) is 0 Å². The van der Waals surface area contributed by atoms with Gasteiger partial charge < -0.3 is 10.6 Å². The zero-order valence-corrected chi connectivity index (χ0v) is 12.2. The molecule has 0 spiro atoms. The van der Waals surface area contributed by atoms with Crippen LogP contribution in [0.3, 0.4) is 0 Å². The van der Waals surface area contributed by atoms with Crippen molar-refractivity contribution in [2.45, 2.75) is 58.4 Å². The van der Waals surface area contributed by atoms with E-state index in [0.29, 0.717) is 12.0 Å². The van der Waals surface area contributed by atoms with Crippen molar-refractivity contribution in [2.75, 3.05) is 17.2 Å². The first-order valence-corrected chi connectivity index (χ1v) is 7.56. The van der Waals surface area contributed by atoms with Gasteiger partial charge in [-0.05, 0) is 18.8 Å². The molecule has 0 saturated heterocycles. The molecule has 1 aromatic heterocycles. The highest BCUT2D eigenvalue weighted by Gasteiger charge is 2.12. The van der Waals surface area contributed by atoms with Gasteiger partial charge in [0.05, 0.1) is 0 Å². The van der Waals surface area contributed by atoms with Crippen LogP contribution in [-0.4, -0.2) is 22.6 Å². The fraction of sp³-hybridized carbons (Fsp3) is 0.733. The largest absolute Gasteiger partial charge is 0.370 e. The molecule has 1 aromatic rings. The Labute approximate surface area is 116 Å². The Morgan fingerprint density at radius 2 is 1.79 bits per heavy atom. The van der Waals surface area contributed by atoms with Crippen LogP contribution in [0.5, 0.6) is 0 Å². The van der Waals surface area contributed by atoms with E-state index in [9.17, 15) is 0 Å². The van der Waals surface area contributed by atoms with Crippen molar-refractivity contribution in [3.63, 3.8) is 0 Å². The van der Waals surface area contributed by atoms with Crippen LogP contribution in [0.15, 0.2) is 12.4 Å². The highest BCUT2D eigenvalue weighted by molar-refractivity contribution is 5.46. The fourth-order valence-corrected chi connectivity index (χ4v) is 2.47. The monoisotopic (exact) mass is 262 g/mol. The molecule has 1 heterocycles. The van der Waals surface area contributed by atoms with Crippen molar-refractivity contribution in [3.8, 4) is 0 Å². The molecule has 1 saturated carbocycles. The third kappa shape index (κ3) is 5.05. The molecule has 106 valence electrons. The summed E-state index contributed by atoms with van der Waals surface area (Å²) in [6, 6.07) is 2.60. The molecule has 1 aliphatic rings. The zero-order valence-electron chi connectivity index (χ0n) is 12.2. The number of nitrogens with one attached hydrogen (secondary N) is 2. The number of nitrogens with zero attached hydrogens (tertiary/aromatic N) is 2. The summed E-state index contributed by atoms with van der Waals surface area (Å²) in [5.41, 5.74) is 0. The van der Waals surface area contributed by atoms with E-state index in [0.717, 1.165) is 18.2 Å². The molecule has 0 aliphatic heterocycles. The summed E-state index contributed by atoms with van der Waals surface area (Å²) >= 11 is 0. The maximum atomic E-state index is 4.33. The third-order valence-corrected chi connectivity index (χ3v) is 3.57. The number of hydrogen-bond donors (Lipinski definition) is 2. The minimum Gasteiger partial charge on any atom is -0.370 e. The topological polar surface area (TPSA) is 49.8 Å².